The van der Waals surface area contributed by atoms with Crippen molar-refractivity contribution in [2.24, 2.45) is 0 Å². The summed E-state index contributed by atoms with van der Waals surface area (Å²) in [6.45, 7) is 2.18. The number of benzene rings is 2. The summed E-state index contributed by atoms with van der Waals surface area (Å²) < 4.78 is 28.6. The predicted octanol–water partition coefficient (Wildman–Crippen LogP) is 4.31. The van der Waals surface area contributed by atoms with Gasteiger partial charge in [0.1, 0.15) is 5.69 Å². The molecular formula is C23H24N6O3S. The van der Waals surface area contributed by atoms with E-state index in [1.54, 1.807) is 28.8 Å². The van der Waals surface area contributed by atoms with Crippen LogP contribution in [0.4, 0.5) is 0 Å². The summed E-state index contributed by atoms with van der Waals surface area (Å²) in [6.07, 6.45) is 4.20. The molecular weight excluding hydrogens is 440 g/mol. The molecule has 1 aliphatic heterocycles. The molecule has 1 fully saturated rings. The van der Waals surface area contributed by atoms with Crippen LogP contribution in [0.15, 0.2) is 70.2 Å². The van der Waals surface area contributed by atoms with Crippen molar-refractivity contribution in [3.63, 3.8) is 0 Å². The van der Waals surface area contributed by atoms with Gasteiger partial charge in [0.25, 0.3) is 5.89 Å². The van der Waals surface area contributed by atoms with Crippen molar-refractivity contribution in [1.82, 2.24) is 29.8 Å². The van der Waals surface area contributed by atoms with Crippen molar-refractivity contribution in [1.29, 1.82) is 0 Å². The summed E-state index contributed by atoms with van der Waals surface area (Å²) in [5.41, 5.74) is 3.88. The first kappa shape index (κ1) is 21.7. The highest BCUT2D eigenvalue weighted by Gasteiger charge is 2.29. The molecule has 2 aromatic carbocycles. The molecule has 0 unspecified atom stereocenters. The summed E-state index contributed by atoms with van der Waals surface area (Å²) in [4.78, 5) is 9.39. The van der Waals surface area contributed by atoms with Crippen LogP contribution >= 0.6 is 10.8 Å². The Kier molecular flexibility index (Phi) is 5.92. The monoisotopic (exact) mass is 464 g/mol. The molecule has 4 aromatic rings. The standard InChI is InChI=1S/C23H24N6O3S/c1-24-13-16-3-5-18(6-4-16)22-27-28-23(32-22)21-15-25-14-20(26-21)17-7-9-19(10-8-17)33(30,31)29-11-2-12-29/h3-10,14-15,24,30-31H,2,11-13H2,1H3. The van der Waals surface area contributed by atoms with Crippen molar-refractivity contribution < 1.29 is 13.5 Å². The number of hydrogen-bond donors (Lipinski definition) is 3. The van der Waals surface area contributed by atoms with E-state index in [-0.39, 0.29) is 5.89 Å². The van der Waals surface area contributed by atoms with E-state index in [0.717, 1.165) is 29.7 Å². The van der Waals surface area contributed by atoms with Gasteiger partial charge in [0.05, 0.1) is 23.0 Å². The quantitative estimate of drug-likeness (QED) is 0.367. The van der Waals surface area contributed by atoms with Crippen molar-refractivity contribution in [3.05, 3.63) is 66.5 Å². The van der Waals surface area contributed by atoms with Gasteiger partial charge in [-0.25, -0.2) is 9.29 Å². The van der Waals surface area contributed by atoms with Gasteiger partial charge in [0.15, 0.2) is 0 Å². The molecule has 0 saturated carbocycles. The van der Waals surface area contributed by atoms with Crippen LogP contribution in [-0.2, 0) is 6.54 Å². The maximum atomic E-state index is 10.5. The number of nitrogens with zero attached hydrogens (tertiary/aromatic N) is 5. The normalized spacial score (nSPS) is 14.8. The van der Waals surface area contributed by atoms with Gasteiger partial charge in [-0.05, 0) is 43.3 Å². The molecule has 2 aromatic heterocycles. The van der Waals surface area contributed by atoms with Crippen molar-refractivity contribution >= 4 is 10.8 Å². The second-order valence-electron chi connectivity index (χ2n) is 7.75. The molecule has 0 amide bonds. The molecule has 170 valence electrons. The van der Waals surface area contributed by atoms with Crippen LogP contribution < -0.4 is 5.32 Å². The largest absolute Gasteiger partial charge is 0.415 e. The molecule has 1 saturated heterocycles. The maximum absolute atomic E-state index is 10.5. The summed E-state index contributed by atoms with van der Waals surface area (Å²) in [6, 6.07) is 15.0. The third-order valence-corrected chi connectivity index (χ3v) is 7.49. The van der Waals surface area contributed by atoms with E-state index in [1.807, 2.05) is 43.4 Å². The lowest BCUT2D eigenvalue weighted by atomic mass is 10.1. The molecule has 33 heavy (non-hydrogen) atoms. The van der Waals surface area contributed by atoms with Gasteiger partial charge in [0, 0.05) is 30.8 Å². The first-order chi connectivity index (χ1) is 16.0. The number of rotatable bonds is 7. The lowest BCUT2D eigenvalue weighted by molar-refractivity contribution is 0.270. The number of nitrogens with one attached hydrogen (secondary N) is 1. The topological polar surface area (TPSA) is 120 Å². The highest BCUT2D eigenvalue weighted by Crippen LogP contribution is 2.53. The van der Waals surface area contributed by atoms with E-state index in [9.17, 15) is 9.11 Å². The fourth-order valence-corrected chi connectivity index (χ4v) is 5.09. The highest BCUT2D eigenvalue weighted by atomic mass is 32.3. The third kappa shape index (κ3) is 4.39. The van der Waals surface area contributed by atoms with E-state index in [1.165, 1.54) is 0 Å². The number of aromatic nitrogens is 4. The summed E-state index contributed by atoms with van der Waals surface area (Å²) in [5.74, 6) is 0.691. The van der Waals surface area contributed by atoms with Crippen LogP contribution in [0.3, 0.4) is 0 Å². The van der Waals surface area contributed by atoms with Crippen LogP contribution in [-0.4, -0.2) is 53.7 Å². The van der Waals surface area contributed by atoms with Gasteiger partial charge in [0.2, 0.25) is 5.89 Å². The maximum Gasteiger partial charge on any atom is 0.268 e. The fraction of sp³-hybridized carbons (Fsp3) is 0.217. The van der Waals surface area contributed by atoms with Crippen LogP contribution in [0.5, 0.6) is 0 Å². The zero-order valence-electron chi connectivity index (χ0n) is 18.0. The molecule has 1 aliphatic rings. The Bertz CT molecular complexity index is 1240. The summed E-state index contributed by atoms with van der Waals surface area (Å²) >= 11 is 0. The van der Waals surface area contributed by atoms with E-state index < -0.39 is 10.8 Å². The lowest BCUT2D eigenvalue weighted by Crippen LogP contribution is -2.39. The summed E-state index contributed by atoms with van der Waals surface area (Å²) in [5, 5.41) is 11.4. The van der Waals surface area contributed by atoms with Crippen LogP contribution in [0.25, 0.3) is 34.3 Å². The molecule has 3 N–H and O–H groups in total. The summed E-state index contributed by atoms with van der Waals surface area (Å²) in [7, 11) is -1.02. The zero-order chi connectivity index (χ0) is 22.8. The second-order valence-corrected chi connectivity index (χ2v) is 9.78. The van der Waals surface area contributed by atoms with Gasteiger partial charge in [-0.15, -0.1) is 21.0 Å². The lowest BCUT2D eigenvalue weighted by Gasteiger charge is -2.47. The molecule has 10 heteroatoms. The Morgan fingerprint density at radius 3 is 2.24 bits per heavy atom. The average Bonchev–Trinajstić information content (AvgIpc) is 3.29. The SMILES string of the molecule is CNCc1ccc(-c2nnc(-c3cncc(-c4ccc(S(O)(O)N5CCC5)cc4)n3)o2)cc1. The first-order valence-electron chi connectivity index (χ1n) is 10.6. The van der Waals surface area contributed by atoms with Crippen LogP contribution in [0.2, 0.25) is 0 Å². The number of hydrogen-bond acceptors (Lipinski definition) is 9. The highest BCUT2D eigenvalue weighted by molar-refractivity contribution is 8.22. The predicted molar refractivity (Wildman–Crippen MR) is 126 cm³/mol. The van der Waals surface area contributed by atoms with E-state index in [2.05, 4.69) is 25.5 Å². The van der Waals surface area contributed by atoms with Gasteiger partial charge in [-0.3, -0.25) is 14.1 Å². The van der Waals surface area contributed by atoms with Gasteiger partial charge >= 0.3 is 0 Å². The van der Waals surface area contributed by atoms with Gasteiger partial charge < -0.3 is 9.73 Å². The molecule has 3 heterocycles. The molecule has 0 spiro atoms. The Morgan fingerprint density at radius 2 is 1.58 bits per heavy atom. The van der Waals surface area contributed by atoms with E-state index >= 15 is 0 Å². The van der Waals surface area contributed by atoms with Crippen LogP contribution in [0, 0.1) is 0 Å². The minimum absolute atomic E-state index is 0.280. The molecule has 9 nitrogen and oxygen atoms in total. The van der Waals surface area contributed by atoms with Crippen molar-refractivity contribution in [2.45, 2.75) is 17.9 Å². The van der Waals surface area contributed by atoms with E-state index in [4.69, 9.17) is 4.42 Å². The van der Waals surface area contributed by atoms with Crippen molar-refractivity contribution in [2.75, 3.05) is 20.1 Å². The minimum Gasteiger partial charge on any atom is -0.415 e. The molecule has 0 atom stereocenters. The zero-order valence-corrected chi connectivity index (χ0v) is 18.9. The Hall–Kier alpha value is -3.15. The third-order valence-electron chi connectivity index (χ3n) is 5.50. The smallest absolute Gasteiger partial charge is 0.268 e. The van der Waals surface area contributed by atoms with Gasteiger partial charge in [-0.2, -0.15) is 0 Å². The molecule has 0 aliphatic carbocycles. The Morgan fingerprint density at radius 1 is 0.909 bits per heavy atom. The Labute approximate surface area is 193 Å². The molecule has 0 radical (unpaired) electrons. The first-order valence-corrected chi connectivity index (χ1v) is 12.1. The van der Waals surface area contributed by atoms with Crippen molar-refractivity contribution in [3.8, 4) is 34.3 Å². The Balaban J connectivity index is 1.36. The van der Waals surface area contributed by atoms with E-state index in [0.29, 0.717) is 35.3 Å². The molecule has 0 bridgehead atoms. The van der Waals surface area contributed by atoms with Crippen LogP contribution in [0.1, 0.15) is 12.0 Å². The minimum atomic E-state index is -2.92. The second kappa shape index (κ2) is 9.00. The average molecular weight is 465 g/mol. The fourth-order valence-electron chi connectivity index (χ4n) is 3.52. The molecule has 5 rings (SSSR count). The van der Waals surface area contributed by atoms with Gasteiger partial charge in [-0.1, -0.05) is 24.3 Å².